The van der Waals surface area contributed by atoms with Gasteiger partial charge in [0, 0.05) is 9.79 Å². The van der Waals surface area contributed by atoms with Crippen LogP contribution in [0.5, 0.6) is 0 Å². The fraction of sp³-hybridized carbons (Fsp3) is 0.200. The van der Waals surface area contributed by atoms with Crippen LogP contribution in [0.25, 0.3) is 0 Å². The molecular formula is C15H14F3NS. The SMILES string of the molecule is NCCc1ccc(Sc2ccccc2)c(C(F)(F)F)c1. The Labute approximate surface area is 120 Å². The molecule has 0 heterocycles. The lowest BCUT2D eigenvalue weighted by Gasteiger charge is -2.14. The third-order valence-corrected chi connectivity index (χ3v) is 3.84. The van der Waals surface area contributed by atoms with E-state index in [1.807, 2.05) is 6.07 Å². The highest BCUT2D eigenvalue weighted by Gasteiger charge is 2.33. The molecule has 0 amide bonds. The van der Waals surface area contributed by atoms with Gasteiger partial charge in [-0.15, -0.1) is 0 Å². The molecule has 0 radical (unpaired) electrons. The topological polar surface area (TPSA) is 26.0 Å². The van der Waals surface area contributed by atoms with Gasteiger partial charge in [-0.1, -0.05) is 36.0 Å². The van der Waals surface area contributed by atoms with Crippen molar-refractivity contribution in [3.05, 3.63) is 59.7 Å². The van der Waals surface area contributed by atoms with E-state index in [0.717, 1.165) is 16.7 Å². The van der Waals surface area contributed by atoms with E-state index in [2.05, 4.69) is 0 Å². The van der Waals surface area contributed by atoms with Gasteiger partial charge in [0.1, 0.15) is 0 Å². The van der Waals surface area contributed by atoms with Crippen LogP contribution < -0.4 is 5.73 Å². The Bertz CT molecular complexity index is 567. The summed E-state index contributed by atoms with van der Waals surface area (Å²) in [6.07, 6.45) is -3.92. The smallest absolute Gasteiger partial charge is 0.330 e. The van der Waals surface area contributed by atoms with Crippen LogP contribution in [0, 0.1) is 0 Å². The molecule has 0 aliphatic rings. The van der Waals surface area contributed by atoms with Gasteiger partial charge in [-0.05, 0) is 42.8 Å². The first-order valence-corrected chi connectivity index (χ1v) is 6.95. The number of hydrogen-bond donors (Lipinski definition) is 1. The van der Waals surface area contributed by atoms with Crippen molar-refractivity contribution in [1.82, 2.24) is 0 Å². The lowest BCUT2D eigenvalue weighted by Crippen LogP contribution is -2.09. The van der Waals surface area contributed by atoms with E-state index in [0.29, 0.717) is 18.5 Å². The average Bonchev–Trinajstić information content (AvgIpc) is 2.41. The first kappa shape index (κ1) is 14.9. The maximum Gasteiger partial charge on any atom is 0.417 e. The predicted octanol–water partition coefficient (Wildman–Crippen LogP) is 4.36. The van der Waals surface area contributed by atoms with Crippen molar-refractivity contribution in [2.75, 3.05) is 6.54 Å². The molecule has 0 saturated heterocycles. The first-order valence-electron chi connectivity index (χ1n) is 6.14. The number of hydrogen-bond acceptors (Lipinski definition) is 2. The first-order chi connectivity index (χ1) is 9.50. The van der Waals surface area contributed by atoms with Crippen LogP contribution in [-0.2, 0) is 12.6 Å². The molecule has 1 nitrogen and oxygen atoms in total. The fourth-order valence-electron chi connectivity index (χ4n) is 1.83. The van der Waals surface area contributed by atoms with Crippen molar-refractivity contribution < 1.29 is 13.2 Å². The zero-order valence-electron chi connectivity index (χ0n) is 10.7. The molecule has 0 unspecified atom stereocenters. The summed E-state index contributed by atoms with van der Waals surface area (Å²) in [5, 5.41) is 0. The highest BCUT2D eigenvalue weighted by atomic mass is 32.2. The van der Waals surface area contributed by atoms with Crippen molar-refractivity contribution in [2.24, 2.45) is 5.73 Å². The zero-order chi connectivity index (χ0) is 14.6. The molecule has 106 valence electrons. The Morgan fingerprint density at radius 2 is 1.70 bits per heavy atom. The molecular weight excluding hydrogens is 283 g/mol. The van der Waals surface area contributed by atoms with Crippen LogP contribution in [0.1, 0.15) is 11.1 Å². The maximum absolute atomic E-state index is 13.1. The Morgan fingerprint density at radius 3 is 2.30 bits per heavy atom. The van der Waals surface area contributed by atoms with Gasteiger partial charge in [-0.3, -0.25) is 0 Å². The molecule has 2 N–H and O–H groups in total. The fourth-order valence-corrected chi connectivity index (χ4v) is 2.79. The van der Waals surface area contributed by atoms with Crippen LogP contribution in [0.4, 0.5) is 13.2 Å². The summed E-state index contributed by atoms with van der Waals surface area (Å²) in [7, 11) is 0. The minimum Gasteiger partial charge on any atom is -0.330 e. The molecule has 0 bridgehead atoms. The molecule has 2 aromatic carbocycles. The van der Waals surface area contributed by atoms with E-state index in [-0.39, 0.29) is 4.90 Å². The number of rotatable bonds is 4. The zero-order valence-corrected chi connectivity index (χ0v) is 11.5. The van der Waals surface area contributed by atoms with E-state index < -0.39 is 11.7 Å². The van der Waals surface area contributed by atoms with Gasteiger partial charge in [0.25, 0.3) is 0 Å². The van der Waals surface area contributed by atoms with Gasteiger partial charge in [-0.25, -0.2) is 0 Å². The molecule has 0 saturated carbocycles. The second-order valence-electron chi connectivity index (χ2n) is 4.28. The van der Waals surface area contributed by atoms with Gasteiger partial charge in [-0.2, -0.15) is 13.2 Å². The van der Waals surface area contributed by atoms with E-state index in [9.17, 15) is 13.2 Å². The molecule has 20 heavy (non-hydrogen) atoms. The summed E-state index contributed by atoms with van der Waals surface area (Å²) in [5.74, 6) is 0. The Kier molecular flexibility index (Phi) is 4.73. The normalized spacial score (nSPS) is 11.6. The summed E-state index contributed by atoms with van der Waals surface area (Å²) in [6.45, 7) is 0.336. The van der Waals surface area contributed by atoms with Gasteiger partial charge < -0.3 is 5.73 Å². The number of nitrogens with two attached hydrogens (primary N) is 1. The second-order valence-corrected chi connectivity index (χ2v) is 5.40. The van der Waals surface area contributed by atoms with Crippen LogP contribution in [-0.4, -0.2) is 6.54 Å². The van der Waals surface area contributed by atoms with Crippen LogP contribution in [0.2, 0.25) is 0 Å². The molecule has 5 heteroatoms. The Balaban J connectivity index is 2.37. The van der Waals surface area contributed by atoms with Crippen LogP contribution in [0.3, 0.4) is 0 Å². The van der Waals surface area contributed by atoms with E-state index in [4.69, 9.17) is 5.73 Å². The number of alkyl halides is 3. The van der Waals surface area contributed by atoms with Gasteiger partial charge in [0.05, 0.1) is 5.56 Å². The van der Waals surface area contributed by atoms with Crippen LogP contribution in [0.15, 0.2) is 58.3 Å². The van der Waals surface area contributed by atoms with E-state index >= 15 is 0 Å². The lowest BCUT2D eigenvalue weighted by atomic mass is 10.1. The minimum atomic E-state index is -4.36. The highest BCUT2D eigenvalue weighted by molar-refractivity contribution is 7.99. The monoisotopic (exact) mass is 297 g/mol. The van der Waals surface area contributed by atoms with Crippen molar-refractivity contribution in [1.29, 1.82) is 0 Å². The largest absolute Gasteiger partial charge is 0.417 e. The van der Waals surface area contributed by atoms with E-state index in [1.165, 1.54) is 12.1 Å². The lowest BCUT2D eigenvalue weighted by molar-refractivity contribution is -0.139. The van der Waals surface area contributed by atoms with Gasteiger partial charge in [0.15, 0.2) is 0 Å². The summed E-state index contributed by atoms with van der Waals surface area (Å²) in [4.78, 5) is 0.994. The molecule has 0 spiro atoms. The standard InChI is InChI=1S/C15H14F3NS/c16-15(17,18)13-10-11(8-9-19)6-7-14(13)20-12-4-2-1-3-5-12/h1-7,10H,8-9,19H2. The molecule has 0 aliphatic carbocycles. The molecule has 0 atom stereocenters. The third-order valence-electron chi connectivity index (χ3n) is 2.75. The van der Waals surface area contributed by atoms with E-state index in [1.54, 1.807) is 30.3 Å². The summed E-state index contributed by atoms with van der Waals surface area (Å²) < 4.78 is 39.4. The minimum absolute atomic E-state index is 0.212. The second kappa shape index (κ2) is 6.33. The predicted molar refractivity (Wildman–Crippen MR) is 74.8 cm³/mol. The number of benzene rings is 2. The maximum atomic E-state index is 13.1. The Morgan fingerprint density at radius 1 is 1.00 bits per heavy atom. The Hall–Kier alpha value is -1.46. The van der Waals surface area contributed by atoms with Crippen LogP contribution >= 0.6 is 11.8 Å². The summed E-state index contributed by atoms with van der Waals surface area (Å²) in [5.41, 5.74) is 5.40. The van der Waals surface area contributed by atoms with Gasteiger partial charge in [0.2, 0.25) is 0 Å². The van der Waals surface area contributed by atoms with Gasteiger partial charge >= 0.3 is 6.18 Å². The van der Waals surface area contributed by atoms with Crippen molar-refractivity contribution in [2.45, 2.75) is 22.4 Å². The molecule has 0 aliphatic heterocycles. The molecule has 2 rings (SSSR count). The average molecular weight is 297 g/mol. The highest BCUT2D eigenvalue weighted by Crippen LogP contribution is 2.39. The molecule has 2 aromatic rings. The van der Waals surface area contributed by atoms with Crippen molar-refractivity contribution >= 4 is 11.8 Å². The molecule has 0 aromatic heterocycles. The summed E-state index contributed by atoms with van der Waals surface area (Å²) >= 11 is 1.12. The van der Waals surface area contributed by atoms with Crippen molar-refractivity contribution in [3.8, 4) is 0 Å². The molecule has 0 fully saturated rings. The van der Waals surface area contributed by atoms with Crippen molar-refractivity contribution in [3.63, 3.8) is 0 Å². The summed E-state index contributed by atoms with van der Waals surface area (Å²) in [6, 6.07) is 13.4. The number of halogens is 3. The quantitative estimate of drug-likeness (QED) is 0.907. The third kappa shape index (κ3) is 3.77.